The van der Waals surface area contributed by atoms with Gasteiger partial charge in [0, 0.05) is 37.3 Å². The van der Waals surface area contributed by atoms with Gasteiger partial charge in [-0.3, -0.25) is 14.9 Å². The Hall–Kier alpha value is -3.14. The van der Waals surface area contributed by atoms with Crippen molar-refractivity contribution in [1.29, 1.82) is 0 Å². The molecular weight excluding hydrogens is 497 g/mol. The largest absolute Gasteiger partial charge is 0.423 e. The van der Waals surface area contributed by atoms with Crippen LogP contribution in [0.5, 0.6) is 0 Å². The van der Waals surface area contributed by atoms with E-state index >= 15 is 0 Å². The highest BCUT2D eigenvalue weighted by Gasteiger charge is 2.38. The summed E-state index contributed by atoms with van der Waals surface area (Å²) >= 11 is 0. The molecule has 2 saturated heterocycles. The van der Waals surface area contributed by atoms with Gasteiger partial charge in [0.05, 0.1) is 4.92 Å². The molecule has 0 unspecified atom stereocenters. The van der Waals surface area contributed by atoms with Crippen molar-refractivity contribution < 1.29 is 22.9 Å². The zero-order valence-electron chi connectivity index (χ0n) is 21.7. The fourth-order valence-electron chi connectivity index (χ4n) is 5.44. The fourth-order valence-corrected chi connectivity index (χ4v) is 5.44. The van der Waals surface area contributed by atoms with Crippen molar-refractivity contribution in [3.8, 4) is 0 Å². The predicted molar refractivity (Wildman–Crippen MR) is 140 cm³/mol. The van der Waals surface area contributed by atoms with Gasteiger partial charge < -0.3 is 15.1 Å². The van der Waals surface area contributed by atoms with E-state index in [1.165, 1.54) is 30.0 Å². The third-order valence-corrected chi connectivity index (χ3v) is 7.63. The number of aryl methyl sites for hydroxylation is 1. The normalized spacial score (nSPS) is 19.1. The van der Waals surface area contributed by atoms with Crippen molar-refractivity contribution >= 4 is 17.3 Å². The van der Waals surface area contributed by atoms with Gasteiger partial charge in [-0.05, 0) is 82.3 Å². The molecule has 2 aromatic rings. The van der Waals surface area contributed by atoms with Gasteiger partial charge in [-0.1, -0.05) is 29.8 Å². The lowest BCUT2D eigenvalue weighted by atomic mass is 9.90. The van der Waals surface area contributed by atoms with E-state index in [0.29, 0.717) is 31.8 Å². The van der Waals surface area contributed by atoms with E-state index in [4.69, 9.17) is 0 Å². The second-order valence-corrected chi connectivity index (χ2v) is 10.5. The van der Waals surface area contributed by atoms with Crippen molar-refractivity contribution in [3.63, 3.8) is 0 Å². The smallest absolute Gasteiger partial charge is 0.380 e. The van der Waals surface area contributed by atoms with E-state index in [1.54, 1.807) is 4.90 Å². The number of benzene rings is 2. The minimum atomic E-state index is -4.83. The maximum absolute atomic E-state index is 13.3. The number of piperidine rings is 1. The van der Waals surface area contributed by atoms with Crippen molar-refractivity contribution in [1.82, 2.24) is 9.80 Å². The third kappa shape index (κ3) is 7.46. The van der Waals surface area contributed by atoms with E-state index in [2.05, 4.69) is 41.4 Å². The number of halogens is 3. The molecule has 2 aliphatic rings. The van der Waals surface area contributed by atoms with Crippen LogP contribution < -0.4 is 5.32 Å². The van der Waals surface area contributed by atoms with Crippen molar-refractivity contribution in [2.24, 2.45) is 5.92 Å². The van der Waals surface area contributed by atoms with Crippen molar-refractivity contribution in [2.75, 3.05) is 38.0 Å². The number of likely N-dealkylation sites (tertiary alicyclic amines) is 2. The first-order valence-electron chi connectivity index (χ1n) is 13.3. The molecule has 206 valence electrons. The summed E-state index contributed by atoms with van der Waals surface area (Å²) < 4.78 is 39.8. The quantitative estimate of drug-likeness (QED) is 0.333. The molecule has 10 heteroatoms. The standard InChI is InChI=1S/C28H35F3N4O3/c1-20-4-6-21(7-5-20)17-22-10-14-33(15-11-22)13-2-3-27(36)34-16-12-24(19-34)32-23-8-9-26(35(37)38)25(18-23)28(29,30)31/h4-9,18,22,24,32H,2-3,10-17,19H2,1H3/t24-/m0/s1. The number of carbonyl (C=O) groups excluding carboxylic acids is 1. The molecule has 2 heterocycles. The Balaban J connectivity index is 1.17. The first-order valence-corrected chi connectivity index (χ1v) is 13.3. The topological polar surface area (TPSA) is 78.7 Å². The maximum Gasteiger partial charge on any atom is 0.423 e. The number of alkyl halides is 3. The van der Waals surface area contributed by atoms with Crippen LogP contribution in [-0.4, -0.2) is 59.4 Å². The number of carbonyl (C=O) groups is 1. The number of nitrogens with zero attached hydrogens (tertiary/aromatic N) is 3. The summed E-state index contributed by atoms with van der Waals surface area (Å²) in [7, 11) is 0. The zero-order valence-corrected chi connectivity index (χ0v) is 21.7. The number of hydrogen-bond acceptors (Lipinski definition) is 5. The van der Waals surface area contributed by atoms with Crippen LogP contribution in [0.4, 0.5) is 24.5 Å². The molecule has 0 saturated carbocycles. The summed E-state index contributed by atoms with van der Waals surface area (Å²) in [5, 5.41) is 14.0. The molecule has 2 fully saturated rings. The summed E-state index contributed by atoms with van der Waals surface area (Å²) in [6.07, 6.45) is 0.472. The number of nitro benzene ring substituents is 1. The van der Waals surface area contributed by atoms with Crippen LogP contribution in [0.3, 0.4) is 0 Å². The lowest BCUT2D eigenvalue weighted by Crippen LogP contribution is -2.36. The highest BCUT2D eigenvalue weighted by atomic mass is 19.4. The zero-order chi connectivity index (χ0) is 27.3. The van der Waals surface area contributed by atoms with Crippen LogP contribution in [0.2, 0.25) is 0 Å². The molecule has 0 aromatic heterocycles. The summed E-state index contributed by atoms with van der Waals surface area (Å²) in [5.74, 6) is 0.760. The van der Waals surface area contributed by atoms with Crippen LogP contribution in [-0.2, 0) is 17.4 Å². The Bertz CT molecular complexity index is 1120. The van der Waals surface area contributed by atoms with E-state index in [1.807, 2.05) is 0 Å². The van der Waals surface area contributed by atoms with Crippen molar-refractivity contribution in [2.45, 2.75) is 57.7 Å². The molecule has 0 radical (unpaired) electrons. The van der Waals surface area contributed by atoms with Crippen LogP contribution in [0, 0.1) is 23.0 Å². The molecular formula is C28H35F3N4O3. The molecule has 2 aromatic carbocycles. The van der Waals surface area contributed by atoms with Crippen LogP contribution in [0.25, 0.3) is 0 Å². The maximum atomic E-state index is 13.3. The van der Waals surface area contributed by atoms with Crippen LogP contribution in [0.1, 0.15) is 48.8 Å². The van der Waals surface area contributed by atoms with Crippen molar-refractivity contribution in [3.05, 3.63) is 69.3 Å². The highest BCUT2D eigenvalue weighted by molar-refractivity contribution is 5.76. The SMILES string of the molecule is Cc1ccc(CC2CCN(CCCC(=O)N3CC[C@H](Nc4ccc([N+](=O)[O-])c(C(F)(F)F)c4)C3)CC2)cc1. The second-order valence-electron chi connectivity index (χ2n) is 10.5. The average Bonchev–Trinajstić information content (AvgIpc) is 3.34. The lowest BCUT2D eigenvalue weighted by Gasteiger charge is -2.32. The minimum Gasteiger partial charge on any atom is -0.380 e. The van der Waals surface area contributed by atoms with Gasteiger partial charge in [-0.15, -0.1) is 0 Å². The van der Waals surface area contributed by atoms with Crippen LogP contribution >= 0.6 is 0 Å². The number of anilines is 1. The summed E-state index contributed by atoms with van der Waals surface area (Å²) in [5.41, 5.74) is 0.586. The lowest BCUT2D eigenvalue weighted by molar-refractivity contribution is -0.388. The average molecular weight is 533 g/mol. The molecule has 0 bridgehead atoms. The Morgan fingerprint density at radius 3 is 2.45 bits per heavy atom. The molecule has 7 nitrogen and oxygen atoms in total. The van der Waals surface area contributed by atoms with Gasteiger partial charge >= 0.3 is 6.18 Å². The van der Waals surface area contributed by atoms with E-state index in [0.717, 1.165) is 44.6 Å². The molecule has 2 aliphatic heterocycles. The fraction of sp³-hybridized carbons (Fsp3) is 0.536. The molecule has 1 N–H and O–H groups in total. The van der Waals surface area contributed by atoms with Gasteiger partial charge in [-0.25, -0.2) is 0 Å². The third-order valence-electron chi connectivity index (χ3n) is 7.63. The number of amides is 1. The number of hydrogen-bond donors (Lipinski definition) is 1. The van der Waals surface area contributed by atoms with Crippen LogP contribution in [0.15, 0.2) is 42.5 Å². The minimum absolute atomic E-state index is 0.0586. The van der Waals surface area contributed by atoms with E-state index in [-0.39, 0.29) is 17.6 Å². The Labute approximate surface area is 221 Å². The summed E-state index contributed by atoms with van der Waals surface area (Å²) in [4.78, 5) is 26.8. The summed E-state index contributed by atoms with van der Waals surface area (Å²) in [6.45, 7) is 6.04. The Morgan fingerprint density at radius 2 is 1.79 bits per heavy atom. The van der Waals surface area contributed by atoms with Gasteiger partial charge in [0.2, 0.25) is 5.91 Å². The second kappa shape index (κ2) is 12.1. The van der Waals surface area contributed by atoms with Gasteiger partial charge in [0.15, 0.2) is 0 Å². The highest BCUT2D eigenvalue weighted by Crippen LogP contribution is 2.38. The Kier molecular flexibility index (Phi) is 8.91. The Morgan fingerprint density at radius 1 is 1.08 bits per heavy atom. The molecule has 1 amide bonds. The number of nitrogens with one attached hydrogen (secondary N) is 1. The first-order chi connectivity index (χ1) is 18.1. The van der Waals surface area contributed by atoms with Gasteiger partial charge in [0.1, 0.15) is 5.56 Å². The van der Waals surface area contributed by atoms with E-state index < -0.39 is 22.4 Å². The first kappa shape index (κ1) is 27.9. The molecule has 4 rings (SSSR count). The predicted octanol–water partition coefficient (Wildman–Crippen LogP) is 5.67. The molecule has 0 spiro atoms. The summed E-state index contributed by atoms with van der Waals surface area (Å²) in [6, 6.07) is 11.5. The molecule has 0 aliphatic carbocycles. The number of nitro groups is 1. The van der Waals surface area contributed by atoms with Gasteiger partial charge in [-0.2, -0.15) is 13.2 Å². The molecule has 1 atom stereocenters. The van der Waals surface area contributed by atoms with Gasteiger partial charge in [0.25, 0.3) is 5.69 Å². The molecule has 38 heavy (non-hydrogen) atoms. The van der Waals surface area contributed by atoms with E-state index in [9.17, 15) is 28.1 Å². The number of rotatable bonds is 9. The monoisotopic (exact) mass is 532 g/mol.